The molecule has 6 nitrogen and oxygen atoms in total. The van der Waals surface area contributed by atoms with E-state index < -0.39 is 10.0 Å². The Hall–Kier alpha value is -1.70. The summed E-state index contributed by atoms with van der Waals surface area (Å²) < 4.78 is 27.3. The summed E-state index contributed by atoms with van der Waals surface area (Å²) in [7, 11) is -3.68. The number of rotatable bonds is 5. The molecule has 1 aromatic carbocycles. The van der Waals surface area contributed by atoms with Gasteiger partial charge in [-0.1, -0.05) is 23.7 Å². The van der Waals surface area contributed by atoms with Gasteiger partial charge in [-0.3, -0.25) is 0 Å². The van der Waals surface area contributed by atoms with Crippen LogP contribution in [0.25, 0.3) is 0 Å². The summed E-state index contributed by atoms with van der Waals surface area (Å²) in [6, 6.07) is 8.07. The molecule has 0 radical (unpaired) electrons. The fourth-order valence-corrected chi connectivity index (χ4v) is 4.15. The number of benzene rings is 1. The fourth-order valence-electron chi connectivity index (χ4n) is 2.64. The summed E-state index contributed by atoms with van der Waals surface area (Å²) in [6.07, 6.45) is 5.16. The van der Waals surface area contributed by atoms with Crippen LogP contribution in [-0.2, 0) is 16.6 Å². The summed E-state index contributed by atoms with van der Waals surface area (Å²) in [5.74, 6) is 0.657. The number of nitrogens with one attached hydrogen (secondary N) is 1. The average molecular weight is 367 g/mol. The van der Waals surface area contributed by atoms with Crippen LogP contribution in [0.3, 0.4) is 0 Å². The minimum absolute atomic E-state index is 0.0666. The highest BCUT2D eigenvalue weighted by molar-refractivity contribution is 7.89. The topological polar surface area (TPSA) is 75.2 Å². The molecule has 0 bridgehead atoms. The Balaban J connectivity index is 1.71. The van der Waals surface area contributed by atoms with Gasteiger partial charge in [-0.05, 0) is 37.5 Å². The van der Waals surface area contributed by atoms with Crippen LogP contribution in [0.5, 0.6) is 0 Å². The monoisotopic (exact) mass is 366 g/mol. The number of anilines is 1. The maximum atomic E-state index is 12.4. The van der Waals surface area contributed by atoms with E-state index in [0.717, 1.165) is 25.9 Å². The molecule has 1 saturated heterocycles. The van der Waals surface area contributed by atoms with E-state index in [0.29, 0.717) is 11.6 Å². The third kappa shape index (κ3) is 4.03. The molecule has 0 saturated carbocycles. The summed E-state index contributed by atoms with van der Waals surface area (Å²) in [5.41, 5.74) is 0.626. The third-order valence-electron chi connectivity index (χ3n) is 3.91. The lowest BCUT2D eigenvalue weighted by atomic mass is 10.1. The van der Waals surface area contributed by atoms with Gasteiger partial charge in [0.1, 0.15) is 4.90 Å². The average Bonchev–Trinajstić information content (AvgIpc) is 2.61. The zero-order valence-corrected chi connectivity index (χ0v) is 14.7. The summed E-state index contributed by atoms with van der Waals surface area (Å²) in [6.45, 7) is 1.97. The van der Waals surface area contributed by atoms with Crippen molar-refractivity contribution in [2.24, 2.45) is 0 Å². The number of nitrogens with zero attached hydrogens (tertiary/aromatic N) is 3. The predicted octanol–water partition coefficient (Wildman–Crippen LogP) is 2.60. The molecule has 8 heteroatoms. The maximum absolute atomic E-state index is 12.4. The second kappa shape index (κ2) is 7.46. The maximum Gasteiger partial charge on any atom is 0.242 e. The van der Waals surface area contributed by atoms with E-state index in [2.05, 4.69) is 19.6 Å². The SMILES string of the molecule is O=S(=O)(NCc1ccnc(N2CCCCC2)n1)c1ccccc1Cl. The highest BCUT2D eigenvalue weighted by Crippen LogP contribution is 2.20. The van der Waals surface area contributed by atoms with Crippen molar-refractivity contribution in [2.75, 3.05) is 18.0 Å². The summed E-state index contributed by atoms with van der Waals surface area (Å²) in [5, 5.41) is 0.196. The van der Waals surface area contributed by atoms with Crippen molar-refractivity contribution in [3.8, 4) is 0 Å². The molecule has 0 unspecified atom stereocenters. The molecule has 3 rings (SSSR count). The molecule has 0 atom stereocenters. The lowest BCUT2D eigenvalue weighted by molar-refractivity contribution is 0.566. The van der Waals surface area contributed by atoms with E-state index in [1.165, 1.54) is 12.5 Å². The van der Waals surface area contributed by atoms with E-state index in [9.17, 15) is 8.42 Å². The third-order valence-corrected chi connectivity index (χ3v) is 5.81. The molecule has 128 valence electrons. The zero-order valence-electron chi connectivity index (χ0n) is 13.2. The van der Waals surface area contributed by atoms with E-state index in [4.69, 9.17) is 11.6 Å². The van der Waals surface area contributed by atoms with Gasteiger partial charge in [0.15, 0.2) is 0 Å². The lowest BCUT2D eigenvalue weighted by Crippen LogP contribution is -2.31. The highest BCUT2D eigenvalue weighted by Gasteiger charge is 2.18. The van der Waals surface area contributed by atoms with Crippen molar-refractivity contribution >= 4 is 27.6 Å². The van der Waals surface area contributed by atoms with E-state index in [1.54, 1.807) is 30.5 Å². The Morgan fingerprint density at radius 1 is 1.12 bits per heavy atom. The number of hydrogen-bond donors (Lipinski definition) is 1. The zero-order chi connectivity index (χ0) is 17.0. The van der Waals surface area contributed by atoms with Gasteiger partial charge in [-0.15, -0.1) is 0 Å². The van der Waals surface area contributed by atoms with E-state index in [-0.39, 0.29) is 16.5 Å². The minimum atomic E-state index is -3.68. The van der Waals surface area contributed by atoms with Gasteiger partial charge in [-0.2, -0.15) is 0 Å². The smallest absolute Gasteiger partial charge is 0.242 e. The van der Waals surface area contributed by atoms with Crippen molar-refractivity contribution in [1.29, 1.82) is 0 Å². The Kier molecular flexibility index (Phi) is 5.33. The summed E-state index contributed by atoms with van der Waals surface area (Å²) >= 11 is 5.97. The van der Waals surface area contributed by atoms with Gasteiger partial charge in [0.25, 0.3) is 0 Å². The molecule has 1 aromatic heterocycles. The molecule has 0 spiro atoms. The second-order valence-corrected chi connectivity index (χ2v) is 7.79. The Morgan fingerprint density at radius 2 is 1.88 bits per heavy atom. The Bertz CT molecular complexity index is 807. The van der Waals surface area contributed by atoms with Gasteiger partial charge in [0, 0.05) is 19.3 Å². The number of sulfonamides is 1. The molecule has 1 aliphatic heterocycles. The molecular formula is C16H19ClN4O2S. The first-order valence-corrected chi connectivity index (χ1v) is 9.73. The molecule has 24 heavy (non-hydrogen) atoms. The molecular weight excluding hydrogens is 348 g/mol. The normalized spacial score (nSPS) is 15.5. The molecule has 1 aliphatic rings. The van der Waals surface area contributed by atoms with Crippen molar-refractivity contribution in [2.45, 2.75) is 30.7 Å². The van der Waals surface area contributed by atoms with Crippen molar-refractivity contribution in [1.82, 2.24) is 14.7 Å². The van der Waals surface area contributed by atoms with Crippen molar-refractivity contribution in [3.63, 3.8) is 0 Å². The van der Waals surface area contributed by atoms with Crippen LogP contribution >= 0.6 is 11.6 Å². The van der Waals surface area contributed by atoms with Crippen molar-refractivity contribution in [3.05, 3.63) is 47.2 Å². The first-order valence-electron chi connectivity index (χ1n) is 7.87. The van der Waals surface area contributed by atoms with Crippen LogP contribution in [-0.4, -0.2) is 31.5 Å². The molecule has 2 aromatic rings. The molecule has 2 heterocycles. The standard InChI is InChI=1S/C16H19ClN4O2S/c17-14-6-2-3-7-15(14)24(22,23)19-12-13-8-9-18-16(20-13)21-10-4-1-5-11-21/h2-3,6-9,19H,1,4-5,10-12H2. The quantitative estimate of drug-likeness (QED) is 0.880. The molecule has 1 fully saturated rings. The Labute approximate surface area is 146 Å². The van der Waals surface area contributed by atoms with Crippen LogP contribution < -0.4 is 9.62 Å². The molecule has 0 aliphatic carbocycles. The number of halogens is 1. The van der Waals surface area contributed by atoms with Gasteiger partial charge in [-0.25, -0.2) is 23.1 Å². The van der Waals surface area contributed by atoms with Gasteiger partial charge in [0.2, 0.25) is 16.0 Å². The Morgan fingerprint density at radius 3 is 2.62 bits per heavy atom. The van der Waals surface area contributed by atoms with Gasteiger partial charge < -0.3 is 4.90 Å². The van der Waals surface area contributed by atoms with Crippen LogP contribution in [0.4, 0.5) is 5.95 Å². The fraction of sp³-hybridized carbons (Fsp3) is 0.375. The van der Waals surface area contributed by atoms with Gasteiger partial charge >= 0.3 is 0 Å². The number of hydrogen-bond acceptors (Lipinski definition) is 5. The van der Waals surface area contributed by atoms with Crippen LogP contribution in [0, 0.1) is 0 Å². The number of aromatic nitrogens is 2. The minimum Gasteiger partial charge on any atom is -0.341 e. The lowest BCUT2D eigenvalue weighted by Gasteiger charge is -2.26. The first-order chi connectivity index (χ1) is 11.6. The van der Waals surface area contributed by atoms with Crippen LogP contribution in [0.15, 0.2) is 41.4 Å². The van der Waals surface area contributed by atoms with E-state index >= 15 is 0 Å². The van der Waals surface area contributed by atoms with Crippen molar-refractivity contribution < 1.29 is 8.42 Å². The van der Waals surface area contributed by atoms with E-state index in [1.807, 2.05) is 0 Å². The molecule has 1 N–H and O–H groups in total. The summed E-state index contributed by atoms with van der Waals surface area (Å²) in [4.78, 5) is 11.0. The first kappa shape index (κ1) is 17.1. The second-order valence-electron chi connectivity index (χ2n) is 5.65. The molecule has 0 amide bonds. The predicted molar refractivity (Wildman–Crippen MR) is 93.6 cm³/mol. The number of piperidine rings is 1. The van der Waals surface area contributed by atoms with Crippen LogP contribution in [0.1, 0.15) is 25.0 Å². The highest BCUT2D eigenvalue weighted by atomic mass is 35.5. The largest absolute Gasteiger partial charge is 0.341 e. The van der Waals surface area contributed by atoms with Crippen LogP contribution in [0.2, 0.25) is 5.02 Å². The van der Waals surface area contributed by atoms with Gasteiger partial charge in [0.05, 0.1) is 17.3 Å².